The van der Waals surface area contributed by atoms with E-state index < -0.39 is 0 Å². The van der Waals surface area contributed by atoms with Crippen LogP contribution in [0.1, 0.15) is 46.5 Å². The van der Waals surface area contributed by atoms with E-state index in [0.29, 0.717) is 0 Å². The third-order valence-electron chi connectivity index (χ3n) is 4.23. The summed E-state index contributed by atoms with van der Waals surface area (Å²) in [5.41, 5.74) is 0. The average Bonchev–Trinajstić information content (AvgIpc) is 2.64. The SMILES string of the molecule is CC(C)CC1CN(C2CCC(C)C2)CCN1. The molecule has 0 amide bonds. The molecule has 1 N–H and O–H groups in total. The standard InChI is InChI=1S/C14H28N2/c1-11(2)8-13-10-16(7-6-15-13)14-5-4-12(3)9-14/h11-15H,4-10H2,1-3H3. The summed E-state index contributed by atoms with van der Waals surface area (Å²) in [7, 11) is 0. The molecule has 2 rings (SSSR count). The van der Waals surface area contributed by atoms with Crippen molar-refractivity contribution in [1.82, 2.24) is 10.2 Å². The van der Waals surface area contributed by atoms with Crippen molar-refractivity contribution in [3.8, 4) is 0 Å². The second-order valence-electron chi connectivity index (χ2n) is 6.35. The first kappa shape index (κ1) is 12.4. The largest absolute Gasteiger partial charge is 0.311 e. The quantitative estimate of drug-likeness (QED) is 0.792. The lowest BCUT2D eigenvalue weighted by Gasteiger charge is -2.38. The minimum atomic E-state index is 0.740. The van der Waals surface area contributed by atoms with E-state index in [2.05, 4.69) is 31.0 Å². The molecular formula is C14H28N2. The van der Waals surface area contributed by atoms with Gasteiger partial charge in [0.1, 0.15) is 0 Å². The highest BCUT2D eigenvalue weighted by Gasteiger charge is 2.30. The molecule has 94 valence electrons. The number of nitrogens with zero attached hydrogens (tertiary/aromatic N) is 1. The van der Waals surface area contributed by atoms with Crippen LogP contribution in [0.3, 0.4) is 0 Å². The maximum atomic E-state index is 3.67. The molecule has 1 heterocycles. The van der Waals surface area contributed by atoms with Crippen molar-refractivity contribution in [2.75, 3.05) is 19.6 Å². The molecular weight excluding hydrogens is 196 g/mol. The van der Waals surface area contributed by atoms with E-state index in [1.54, 1.807) is 0 Å². The number of rotatable bonds is 3. The molecule has 0 spiro atoms. The van der Waals surface area contributed by atoms with Crippen LogP contribution in [-0.4, -0.2) is 36.6 Å². The third-order valence-corrected chi connectivity index (χ3v) is 4.23. The maximum Gasteiger partial charge on any atom is 0.0198 e. The fourth-order valence-electron chi connectivity index (χ4n) is 3.42. The predicted octanol–water partition coefficient (Wildman–Crippen LogP) is 2.49. The highest BCUT2D eigenvalue weighted by Crippen LogP contribution is 2.29. The van der Waals surface area contributed by atoms with Crippen LogP contribution in [0.15, 0.2) is 0 Å². The topological polar surface area (TPSA) is 15.3 Å². The van der Waals surface area contributed by atoms with Gasteiger partial charge in [-0.2, -0.15) is 0 Å². The van der Waals surface area contributed by atoms with Crippen molar-refractivity contribution in [1.29, 1.82) is 0 Å². The zero-order chi connectivity index (χ0) is 11.5. The molecule has 0 aromatic heterocycles. The smallest absolute Gasteiger partial charge is 0.0198 e. The first-order valence-corrected chi connectivity index (χ1v) is 7.12. The molecule has 2 fully saturated rings. The Balaban J connectivity index is 1.82. The van der Waals surface area contributed by atoms with Gasteiger partial charge in [0.15, 0.2) is 0 Å². The number of nitrogens with one attached hydrogen (secondary N) is 1. The summed E-state index contributed by atoms with van der Waals surface area (Å²) in [6.07, 6.45) is 5.66. The Kier molecular flexibility index (Phi) is 4.26. The van der Waals surface area contributed by atoms with Gasteiger partial charge in [0, 0.05) is 31.7 Å². The van der Waals surface area contributed by atoms with Crippen LogP contribution in [0.4, 0.5) is 0 Å². The Morgan fingerprint density at radius 1 is 1.31 bits per heavy atom. The van der Waals surface area contributed by atoms with Crippen molar-refractivity contribution >= 4 is 0 Å². The van der Waals surface area contributed by atoms with Crippen LogP contribution in [0.2, 0.25) is 0 Å². The predicted molar refractivity (Wildman–Crippen MR) is 69.6 cm³/mol. The first-order valence-electron chi connectivity index (χ1n) is 7.12. The fourth-order valence-corrected chi connectivity index (χ4v) is 3.42. The van der Waals surface area contributed by atoms with E-state index in [1.165, 1.54) is 45.3 Å². The molecule has 2 nitrogen and oxygen atoms in total. The van der Waals surface area contributed by atoms with Crippen LogP contribution in [-0.2, 0) is 0 Å². The second-order valence-corrected chi connectivity index (χ2v) is 6.35. The van der Waals surface area contributed by atoms with Gasteiger partial charge in [-0.3, -0.25) is 4.90 Å². The average molecular weight is 224 g/mol. The van der Waals surface area contributed by atoms with Crippen LogP contribution in [0.5, 0.6) is 0 Å². The van der Waals surface area contributed by atoms with Crippen molar-refractivity contribution in [3.63, 3.8) is 0 Å². The maximum absolute atomic E-state index is 3.67. The second kappa shape index (κ2) is 5.50. The van der Waals surface area contributed by atoms with Crippen molar-refractivity contribution in [3.05, 3.63) is 0 Å². The summed E-state index contributed by atoms with van der Waals surface area (Å²) in [5.74, 6) is 1.78. The zero-order valence-corrected chi connectivity index (χ0v) is 11.2. The summed E-state index contributed by atoms with van der Waals surface area (Å²) in [5, 5.41) is 3.67. The van der Waals surface area contributed by atoms with E-state index in [9.17, 15) is 0 Å². The van der Waals surface area contributed by atoms with Crippen molar-refractivity contribution in [2.45, 2.75) is 58.5 Å². The van der Waals surface area contributed by atoms with Gasteiger partial charge in [-0.15, -0.1) is 0 Å². The Morgan fingerprint density at radius 2 is 2.12 bits per heavy atom. The van der Waals surface area contributed by atoms with Gasteiger partial charge < -0.3 is 5.32 Å². The van der Waals surface area contributed by atoms with E-state index in [4.69, 9.17) is 0 Å². The molecule has 0 aromatic rings. The summed E-state index contributed by atoms with van der Waals surface area (Å²) in [4.78, 5) is 2.76. The van der Waals surface area contributed by atoms with Crippen LogP contribution in [0, 0.1) is 11.8 Å². The molecule has 1 saturated carbocycles. The monoisotopic (exact) mass is 224 g/mol. The minimum absolute atomic E-state index is 0.740. The summed E-state index contributed by atoms with van der Waals surface area (Å²) < 4.78 is 0. The lowest BCUT2D eigenvalue weighted by Crippen LogP contribution is -2.53. The molecule has 0 bridgehead atoms. The van der Waals surface area contributed by atoms with Crippen molar-refractivity contribution in [2.24, 2.45) is 11.8 Å². The van der Waals surface area contributed by atoms with Crippen LogP contribution in [0.25, 0.3) is 0 Å². The number of piperazine rings is 1. The van der Waals surface area contributed by atoms with Gasteiger partial charge in [0.2, 0.25) is 0 Å². The summed E-state index contributed by atoms with van der Waals surface area (Å²) >= 11 is 0. The molecule has 2 heteroatoms. The molecule has 3 unspecified atom stereocenters. The third kappa shape index (κ3) is 3.21. The molecule has 0 aromatic carbocycles. The van der Waals surface area contributed by atoms with Gasteiger partial charge in [-0.25, -0.2) is 0 Å². The molecule has 0 radical (unpaired) electrons. The molecule has 3 atom stereocenters. The molecule has 2 aliphatic rings. The molecule has 1 aliphatic heterocycles. The highest BCUT2D eigenvalue weighted by molar-refractivity contribution is 4.87. The molecule has 1 aliphatic carbocycles. The van der Waals surface area contributed by atoms with E-state index in [0.717, 1.165) is 23.9 Å². The molecule has 1 saturated heterocycles. The Bertz CT molecular complexity index is 215. The van der Waals surface area contributed by atoms with E-state index >= 15 is 0 Å². The van der Waals surface area contributed by atoms with Gasteiger partial charge >= 0.3 is 0 Å². The van der Waals surface area contributed by atoms with E-state index in [-0.39, 0.29) is 0 Å². The van der Waals surface area contributed by atoms with E-state index in [1.807, 2.05) is 0 Å². The van der Waals surface area contributed by atoms with Crippen LogP contribution < -0.4 is 5.32 Å². The van der Waals surface area contributed by atoms with Gasteiger partial charge in [0.05, 0.1) is 0 Å². The fraction of sp³-hybridized carbons (Fsp3) is 1.00. The lowest BCUT2D eigenvalue weighted by molar-refractivity contribution is 0.135. The zero-order valence-electron chi connectivity index (χ0n) is 11.2. The summed E-state index contributed by atoms with van der Waals surface area (Å²) in [6.45, 7) is 10.8. The lowest BCUT2D eigenvalue weighted by atomic mass is 10.0. The van der Waals surface area contributed by atoms with Gasteiger partial charge in [-0.1, -0.05) is 20.8 Å². The summed E-state index contributed by atoms with van der Waals surface area (Å²) in [6, 6.07) is 1.64. The number of hydrogen-bond acceptors (Lipinski definition) is 2. The van der Waals surface area contributed by atoms with Crippen LogP contribution >= 0.6 is 0 Å². The Labute approximate surface area is 101 Å². The van der Waals surface area contributed by atoms with Gasteiger partial charge in [-0.05, 0) is 37.5 Å². The highest BCUT2D eigenvalue weighted by atomic mass is 15.2. The normalized spacial score (nSPS) is 37.1. The van der Waals surface area contributed by atoms with Crippen molar-refractivity contribution < 1.29 is 0 Å². The Hall–Kier alpha value is -0.0800. The number of hydrogen-bond donors (Lipinski definition) is 1. The Morgan fingerprint density at radius 3 is 2.75 bits per heavy atom. The minimum Gasteiger partial charge on any atom is -0.311 e. The first-order chi connectivity index (χ1) is 7.65. The molecule has 16 heavy (non-hydrogen) atoms. The van der Waals surface area contributed by atoms with Gasteiger partial charge in [0.25, 0.3) is 0 Å².